The lowest BCUT2D eigenvalue weighted by atomic mass is 10.1. The molecule has 0 radical (unpaired) electrons. The molecule has 2 N–H and O–H groups in total. The van der Waals surface area contributed by atoms with Gasteiger partial charge in [0.2, 0.25) is 0 Å². The molecule has 0 aromatic heterocycles. The Kier molecular flexibility index (Phi) is 5.29. The van der Waals surface area contributed by atoms with E-state index in [2.05, 4.69) is 19.2 Å². The topological polar surface area (TPSA) is 92.5 Å². The fourth-order valence-electron chi connectivity index (χ4n) is 1.67. The molecule has 0 aliphatic heterocycles. The van der Waals surface area contributed by atoms with Crippen molar-refractivity contribution in [3.05, 3.63) is 33.9 Å². The molecule has 0 saturated carbocycles. The number of nitrogens with zero attached hydrogens (tertiary/aromatic N) is 1. The van der Waals surface area contributed by atoms with Gasteiger partial charge in [-0.05, 0) is 30.9 Å². The lowest BCUT2D eigenvalue weighted by molar-refractivity contribution is -0.385. The second-order valence-electron chi connectivity index (χ2n) is 4.75. The smallest absolute Gasteiger partial charge is 0.282 e. The average Bonchev–Trinajstić information content (AvgIpc) is 2.33. The molecule has 0 atom stereocenters. The first-order valence-electron chi connectivity index (χ1n) is 6.17. The van der Waals surface area contributed by atoms with Crippen molar-refractivity contribution in [3.63, 3.8) is 0 Å². The van der Waals surface area contributed by atoms with E-state index < -0.39 is 10.8 Å². The zero-order chi connectivity index (χ0) is 14.4. The number of hydrogen-bond donors (Lipinski definition) is 2. The minimum absolute atomic E-state index is 0.116. The van der Waals surface area contributed by atoms with Gasteiger partial charge in [0.1, 0.15) is 11.3 Å². The van der Waals surface area contributed by atoms with Crippen molar-refractivity contribution in [2.45, 2.75) is 26.7 Å². The van der Waals surface area contributed by atoms with Gasteiger partial charge < -0.3 is 10.4 Å². The van der Waals surface area contributed by atoms with Gasteiger partial charge in [-0.25, -0.2) is 0 Å². The molecule has 104 valence electrons. The van der Waals surface area contributed by atoms with E-state index in [-0.39, 0.29) is 17.0 Å². The first-order chi connectivity index (χ1) is 8.91. The zero-order valence-electron chi connectivity index (χ0n) is 11.0. The summed E-state index contributed by atoms with van der Waals surface area (Å²) in [5.41, 5.74) is -0.422. The van der Waals surface area contributed by atoms with Crippen LogP contribution in [-0.2, 0) is 0 Å². The van der Waals surface area contributed by atoms with Crippen molar-refractivity contribution < 1.29 is 14.8 Å². The molecule has 19 heavy (non-hydrogen) atoms. The summed E-state index contributed by atoms with van der Waals surface area (Å²) in [6.45, 7) is 4.63. The highest BCUT2D eigenvalue weighted by atomic mass is 16.6. The normalized spacial score (nSPS) is 10.5. The van der Waals surface area contributed by atoms with E-state index >= 15 is 0 Å². The van der Waals surface area contributed by atoms with Crippen molar-refractivity contribution in [1.29, 1.82) is 0 Å². The number of nitrogens with one attached hydrogen (secondary N) is 1. The van der Waals surface area contributed by atoms with Crippen LogP contribution in [0, 0.1) is 16.0 Å². The second kappa shape index (κ2) is 6.72. The summed E-state index contributed by atoms with van der Waals surface area (Å²) in [4.78, 5) is 22.0. The molecule has 6 heteroatoms. The van der Waals surface area contributed by atoms with E-state index in [0.29, 0.717) is 12.5 Å². The standard InChI is InChI=1S/C13H18N2O4/c1-9(2)4-3-7-14-13(17)11-8-10(16)5-6-12(11)15(18)19/h5-6,8-9,16H,3-4,7H2,1-2H3,(H,14,17). The molecule has 1 amide bonds. The van der Waals surface area contributed by atoms with E-state index in [1.165, 1.54) is 6.07 Å². The maximum atomic E-state index is 11.8. The third kappa shape index (κ3) is 4.57. The van der Waals surface area contributed by atoms with Crippen molar-refractivity contribution >= 4 is 11.6 Å². The summed E-state index contributed by atoms with van der Waals surface area (Å²) in [5.74, 6) is -0.156. The number of phenolic OH excluding ortho intramolecular Hbond substituents is 1. The molecule has 0 spiro atoms. The molecule has 6 nitrogen and oxygen atoms in total. The first kappa shape index (κ1) is 14.9. The number of aromatic hydroxyl groups is 1. The molecule has 0 aliphatic rings. The number of phenols is 1. The van der Waals surface area contributed by atoms with Crippen LogP contribution in [0.15, 0.2) is 18.2 Å². The fraction of sp³-hybridized carbons (Fsp3) is 0.462. The molecule has 0 fully saturated rings. The van der Waals surface area contributed by atoms with Crippen LogP contribution in [0.5, 0.6) is 5.75 Å². The van der Waals surface area contributed by atoms with E-state index in [1.807, 2.05) is 0 Å². The SMILES string of the molecule is CC(C)CCCNC(=O)c1cc(O)ccc1[N+](=O)[O-]. The Morgan fingerprint density at radius 3 is 2.74 bits per heavy atom. The molecular formula is C13H18N2O4. The highest BCUT2D eigenvalue weighted by Crippen LogP contribution is 2.23. The van der Waals surface area contributed by atoms with Gasteiger partial charge in [-0.1, -0.05) is 13.8 Å². The second-order valence-corrected chi connectivity index (χ2v) is 4.75. The third-order valence-corrected chi connectivity index (χ3v) is 2.67. The molecular weight excluding hydrogens is 248 g/mol. The minimum Gasteiger partial charge on any atom is -0.508 e. The van der Waals surface area contributed by atoms with Crippen LogP contribution in [-0.4, -0.2) is 22.5 Å². The molecule has 0 unspecified atom stereocenters. The number of rotatable bonds is 6. The molecule has 0 saturated heterocycles. The van der Waals surface area contributed by atoms with Crippen LogP contribution in [0.25, 0.3) is 0 Å². The van der Waals surface area contributed by atoms with E-state index in [1.54, 1.807) is 0 Å². The Labute approximate surface area is 111 Å². The number of nitro benzene ring substituents is 1. The van der Waals surface area contributed by atoms with Gasteiger partial charge in [0.25, 0.3) is 11.6 Å². The Morgan fingerprint density at radius 1 is 1.47 bits per heavy atom. The summed E-state index contributed by atoms with van der Waals surface area (Å²) < 4.78 is 0. The molecule has 0 bridgehead atoms. The summed E-state index contributed by atoms with van der Waals surface area (Å²) in [6.07, 6.45) is 1.79. The Morgan fingerprint density at radius 2 is 2.16 bits per heavy atom. The lowest BCUT2D eigenvalue weighted by Gasteiger charge is -2.07. The number of amides is 1. The van der Waals surface area contributed by atoms with Gasteiger partial charge >= 0.3 is 0 Å². The maximum Gasteiger partial charge on any atom is 0.282 e. The minimum atomic E-state index is -0.636. The number of hydrogen-bond acceptors (Lipinski definition) is 4. The monoisotopic (exact) mass is 266 g/mol. The molecule has 1 aromatic rings. The van der Waals surface area contributed by atoms with Gasteiger partial charge in [0.15, 0.2) is 0 Å². The van der Waals surface area contributed by atoms with Crippen LogP contribution in [0.1, 0.15) is 37.0 Å². The quantitative estimate of drug-likeness (QED) is 0.470. The number of nitro groups is 1. The van der Waals surface area contributed by atoms with Crippen LogP contribution in [0.2, 0.25) is 0 Å². The Bertz CT molecular complexity index is 472. The van der Waals surface area contributed by atoms with Crippen LogP contribution in [0.3, 0.4) is 0 Å². The van der Waals surface area contributed by atoms with Gasteiger partial charge in [0.05, 0.1) is 4.92 Å². The Hall–Kier alpha value is -2.11. The van der Waals surface area contributed by atoms with Crippen molar-refractivity contribution in [2.24, 2.45) is 5.92 Å². The highest BCUT2D eigenvalue weighted by molar-refractivity contribution is 5.98. The van der Waals surface area contributed by atoms with E-state index in [4.69, 9.17) is 0 Å². The molecule has 1 aromatic carbocycles. The van der Waals surface area contributed by atoms with Gasteiger partial charge in [0, 0.05) is 12.6 Å². The molecule has 0 aliphatic carbocycles. The van der Waals surface area contributed by atoms with Crippen LogP contribution >= 0.6 is 0 Å². The summed E-state index contributed by atoms with van der Waals surface area (Å²) >= 11 is 0. The lowest BCUT2D eigenvalue weighted by Crippen LogP contribution is -2.25. The van der Waals surface area contributed by atoms with Crippen LogP contribution < -0.4 is 5.32 Å². The summed E-state index contributed by atoms with van der Waals surface area (Å²) in [5, 5.41) is 22.7. The zero-order valence-corrected chi connectivity index (χ0v) is 11.0. The number of benzene rings is 1. The molecule has 1 rings (SSSR count). The first-order valence-corrected chi connectivity index (χ1v) is 6.17. The average molecular weight is 266 g/mol. The van der Waals surface area contributed by atoms with Crippen molar-refractivity contribution in [3.8, 4) is 5.75 Å². The predicted molar refractivity (Wildman–Crippen MR) is 71.2 cm³/mol. The summed E-state index contributed by atoms with van der Waals surface area (Å²) in [7, 11) is 0. The van der Waals surface area contributed by atoms with E-state index in [0.717, 1.165) is 25.0 Å². The number of carbonyl (C=O) groups is 1. The highest BCUT2D eigenvalue weighted by Gasteiger charge is 2.20. The fourth-order valence-corrected chi connectivity index (χ4v) is 1.67. The number of carbonyl (C=O) groups excluding carboxylic acids is 1. The van der Waals surface area contributed by atoms with Gasteiger partial charge in [-0.3, -0.25) is 14.9 Å². The van der Waals surface area contributed by atoms with E-state index in [9.17, 15) is 20.0 Å². The largest absolute Gasteiger partial charge is 0.508 e. The Balaban J connectivity index is 2.70. The maximum absolute atomic E-state index is 11.8. The summed E-state index contributed by atoms with van der Waals surface area (Å²) in [6, 6.07) is 3.42. The van der Waals surface area contributed by atoms with Crippen molar-refractivity contribution in [2.75, 3.05) is 6.54 Å². The van der Waals surface area contributed by atoms with Crippen molar-refractivity contribution in [1.82, 2.24) is 5.32 Å². The van der Waals surface area contributed by atoms with Gasteiger partial charge in [-0.2, -0.15) is 0 Å². The predicted octanol–water partition coefficient (Wildman–Crippen LogP) is 2.47. The molecule has 0 heterocycles. The van der Waals surface area contributed by atoms with Crippen LogP contribution in [0.4, 0.5) is 5.69 Å². The van der Waals surface area contributed by atoms with Gasteiger partial charge in [-0.15, -0.1) is 0 Å². The third-order valence-electron chi connectivity index (χ3n) is 2.67.